The molecule has 4 aromatic rings. The molecular weight excluding hydrogens is 398 g/mol. The van der Waals surface area contributed by atoms with Crippen molar-refractivity contribution in [3.63, 3.8) is 0 Å². The zero-order valence-electron chi connectivity index (χ0n) is 16.5. The monoisotopic (exact) mass is 415 g/mol. The minimum absolute atomic E-state index is 0.395. The van der Waals surface area contributed by atoms with E-state index in [0.717, 1.165) is 16.8 Å². The van der Waals surface area contributed by atoms with E-state index < -0.39 is 0 Å². The van der Waals surface area contributed by atoms with Crippen molar-refractivity contribution in [2.24, 2.45) is 0 Å². The van der Waals surface area contributed by atoms with Gasteiger partial charge in [-0.2, -0.15) is 15.0 Å². The lowest BCUT2D eigenvalue weighted by molar-refractivity contribution is 0.851. The molecule has 0 saturated carbocycles. The van der Waals surface area contributed by atoms with Gasteiger partial charge in [0.1, 0.15) is 23.3 Å². The number of hydrogen-bond acceptors (Lipinski definition) is 6. The fraction of sp³-hybridized carbons (Fsp3) is 0.136. The van der Waals surface area contributed by atoms with Crippen LogP contribution in [0.3, 0.4) is 0 Å². The van der Waals surface area contributed by atoms with Crippen molar-refractivity contribution in [2.45, 2.75) is 20.3 Å². The summed E-state index contributed by atoms with van der Waals surface area (Å²) in [5.41, 5.74) is 3.27. The molecule has 0 saturated heterocycles. The van der Waals surface area contributed by atoms with Crippen molar-refractivity contribution in [1.29, 1.82) is 5.26 Å². The Morgan fingerprint density at radius 2 is 1.90 bits per heavy atom. The Morgan fingerprint density at radius 3 is 2.60 bits per heavy atom. The summed E-state index contributed by atoms with van der Waals surface area (Å²) in [5.74, 6) is 2.37. The van der Waals surface area contributed by atoms with Gasteiger partial charge in [-0.1, -0.05) is 29.8 Å². The van der Waals surface area contributed by atoms with Gasteiger partial charge in [0.2, 0.25) is 0 Å². The summed E-state index contributed by atoms with van der Waals surface area (Å²) in [5, 5.41) is 17.9. The predicted octanol–water partition coefficient (Wildman–Crippen LogP) is 4.53. The van der Waals surface area contributed by atoms with Crippen molar-refractivity contribution >= 4 is 23.2 Å². The van der Waals surface area contributed by atoms with Gasteiger partial charge in [-0.05, 0) is 43.7 Å². The number of halogens is 1. The second-order valence-corrected chi connectivity index (χ2v) is 7.17. The Morgan fingerprint density at radius 1 is 1.10 bits per heavy atom. The molecule has 0 aliphatic carbocycles. The quantitative estimate of drug-likeness (QED) is 0.514. The summed E-state index contributed by atoms with van der Waals surface area (Å²) in [6.07, 6.45) is 3.81. The Balaban J connectivity index is 1.78. The molecule has 0 bridgehead atoms. The fourth-order valence-electron chi connectivity index (χ4n) is 3.17. The van der Waals surface area contributed by atoms with Crippen LogP contribution >= 0.6 is 11.6 Å². The number of nitrogens with one attached hydrogen (secondary N) is 1. The molecule has 0 atom stereocenters. The first kappa shape index (κ1) is 19.6. The van der Waals surface area contributed by atoms with Gasteiger partial charge >= 0.3 is 0 Å². The molecule has 7 nitrogen and oxygen atoms in total. The first-order valence-corrected chi connectivity index (χ1v) is 9.68. The second kappa shape index (κ2) is 8.31. The van der Waals surface area contributed by atoms with Crippen LogP contribution in [0, 0.1) is 25.2 Å². The molecule has 0 aliphatic rings. The molecule has 0 spiro atoms. The van der Waals surface area contributed by atoms with Crippen LogP contribution in [0.15, 0.2) is 54.9 Å². The van der Waals surface area contributed by atoms with E-state index in [1.165, 1.54) is 6.20 Å². The SMILES string of the molecule is Cc1nc(C)c(Cc2ccc(Cl)cc2)c(Nc2c(C#N)cnn2-c2ccccn2)n1. The highest BCUT2D eigenvalue weighted by Gasteiger charge is 2.18. The minimum Gasteiger partial charge on any atom is -0.323 e. The van der Waals surface area contributed by atoms with Gasteiger partial charge in [0.05, 0.1) is 6.20 Å². The maximum Gasteiger partial charge on any atom is 0.155 e. The van der Waals surface area contributed by atoms with Gasteiger partial charge in [-0.15, -0.1) is 0 Å². The molecule has 0 aliphatic heterocycles. The fourth-order valence-corrected chi connectivity index (χ4v) is 3.30. The van der Waals surface area contributed by atoms with E-state index >= 15 is 0 Å². The van der Waals surface area contributed by atoms with E-state index in [1.807, 2.05) is 56.3 Å². The van der Waals surface area contributed by atoms with E-state index in [9.17, 15) is 5.26 Å². The lowest BCUT2D eigenvalue weighted by Gasteiger charge is -2.15. The summed E-state index contributed by atoms with van der Waals surface area (Å²) >= 11 is 6.02. The number of aromatic nitrogens is 5. The molecule has 0 amide bonds. The van der Waals surface area contributed by atoms with Crippen molar-refractivity contribution in [2.75, 3.05) is 5.32 Å². The van der Waals surface area contributed by atoms with Gasteiger partial charge in [-0.3, -0.25) is 0 Å². The highest BCUT2D eigenvalue weighted by molar-refractivity contribution is 6.30. The lowest BCUT2D eigenvalue weighted by atomic mass is 10.0. The summed E-state index contributed by atoms with van der Waals surface area (Å²) < 4.78 is 1.59. The highest BCUT2D eigenvalue weighted by atomic mass is 35.5. The summed E-state index contributed by atoms with van der Waals surface area (Å²) in [6.45, 7) is 3.79. The molecule has 0 unspecified atom stereocenters. The topological polar surface area (TPSA) is 92.3 Å². The van der Waals surface area contributed by atoms with Gasteiger partial charge in [0.25, 0.3) is 0 Å². The third kappa shape index (κ3) is 4.00. The number of benzene rings is 1. The smallest absolute Gasteiger partial charge is 0.155 e. The standard InChI is InChI=1S/C22H18ClN7/c1-14-19(11-16-6-8-18(23)9-7-16)21(28-15(2)27-14)29-22-17(12-24)13-26-30(22)20-5-3-4-10-25-20/h3-10,13H,11H2,1-2H3,(H,27,28,29). The largest absolute Gasteiger partial charge is 0.323 e. The molecule has 1 aromatic carbocycles. The first-order valence-electron chi connectivity index (χ1n) is 9.30. The van der Waals surface area contributed by atoms with Crippen LogP contribution in [0.5, 0.6) is 0 Å². The lowest BCUT2D eigenvalue weighted by Crippen LogP contribution is -2.10. The van der Waals surface area contributed by atoms with Crippen LogP contribution in [-0.4, -0.2) is 24.7 Å². The van der Waals surface area contributed by atoms with Crippen LogP contribution in [0.25, 0.3) is 5.82 Å². The number of aryl methyl sites for hydroxylation is 2. The summed E-state index contributed by atoms with van der Waals surface area (Å²) in [7, 11) is 0. The van der Waals surface area contributed by atoms with Crippen molar-refractivity contribution in [3.05, 3.63) is 88.1 Å². The molecule has 148 valence electrons. The number of hydrogen-bond donors (Lipinski definition) is 1. The summed E-state index contributed by atoms with van der Waals surface area (Å²) in [6, 6.07) is 15.4. The maximum absolute atomic E-state index is 9.59. The third-order valence-corrected chi connectivity index (χ3v) is 4.86. The average Bonchev–Trinajstić information content (AvgIpc) is 3.15. The molecule has 0 radical (unpaired) electrons. The van der Waals surface area contributed by atoms with Gasteiger partial charge in [0, 0.05) is 28.9 Å². The molecule has 3 aromatic heterocycles. The van der Waals surface area contributed by atoms with Gasteiger partial charge in [0.15, 0.2) is 11.6 Å². The van der Waals surface area contributed by atoms with Crippen molar-refractivity contribution in [3.8, 4) is 11.9 Å². The Hall–Kier alpha value is -3.76. The maximum atomic E-state index is 9.59. The number of rotatable bonds is 5. The van der Waals surface area contributed by atoms with Crippen LogP contribution in [0.1, 0.15) is 28.2 Å². The van der Waals surface area contributed by atoms with E-state index in [1.54, 1.807) is 10.9 Å². The number of nitriles is 1. The van der Waals surface area contributed by atoms with E-state index in [-0.39, 0.29) is 0 Å². The highest BCUT2D eigenvalue weighted by Crippen LogP contribution is 2.27. The van der Waals surface area contributed by atoms with Crippen LogP contribution in [0.4, 0.5) is 11.6 Å². The molecule has 1 N–H and O–H groups in total. The van der Waals surface area contributed by atoms with Crippen molar-refractivity contribution in [1.82, 2.24) is 24.7 Å². The minimum atomic E-state index is 0.395. The number of anilines is 2. The molecule has 0 fully saturated rings. The molecule has 3 heterocycles. The predicted molar refractivity (Wildman–Crippen MR) is 115 cm³/mol. The normalized spacial score (nSPS) is 10.6. The average molecular weight is 416 g/mol. The van der Waals surface area contributed by atoms with Crippen molar-refractivity contribution < 1.29 is 0 Å². The first-order chi connectivity index (χ1) is 14.5. The molecular formula is C22H18ClN7. The number of nitrogens with zero attached hydrogens (tertiary/aromatic N) is 6. The second-order valence-electron chi connectivity index (χ2n) is 6.73. The van der Waals surface area contributed by atoms with Crippen LogP contribution in [-0.2, 0) is 6.42 Å². The molecule has 30 heavy (non-hydrogen) atoms. The van der Waals surface area contributed by atoms with E-state index in [0.29, 0.717) is 40.3 Å². The van der Waals surface area contributed by atoms with Crippen LogP contribution in [0.2, 0.25) is 5.02 Å². The zero-order chi connectivity index (χ0) is 21.1. The number of pyridine rings is 1. The van der Waals surface area contributed by atoms with E-state index in [4.69, 9.17) is 11.6 Å². The Bertz CT molecular complexity index is 1230. The van der Waals surface area contributed by atoms with Crippen LogP contribution < -0.4 is 5.32 Å². The van der Waals surface area contributed by atoms with E-state index in [2.05, 4.69) is 31.4 Å². The molecule has 4 rings (SSSR count). The summed E-state index contributed by atoms with van der Waals surface area (Å²) in [4.78, 5) is 13.5. The zero-order valence-corrected chi connectivity index (χ0v) is 17.2. The Labute approximate surface area is 179 Å². The van der Waals surface area contributed by atoms with Gasteiger partial charge in [-0.25, -0.2) is 15.0 Å². The Kier molecular flexibility index (Phi) is 5.42. The van der Waals surface area contributed by atoms with Gasteiger partial charge < -0.3 is 5.32 Å². The molecule has 8 heteroatoms. The third-order valence-electron chi connectivity index (χ3n) is 4.61.